The van der Waals surface area contributed by atoms with Gasteiger partial charge in [0.1, 0.15) is 0 Å². The van der Waals surface area contributed by atoms with Crippen LogP contribution in [0.15, 0.2) is 20.3 Å². The van der Waals surface area contributed by atoms with Crippen LogP contribution in [0, 0.1) is 40.9 Å². The third kappa shape index (κ3) is 11.1. The van der Waals surface area contributed by atoms with E-state index in [9.17, 15) is 15.0 Å². The zero-order chi connectivity index (χ0) is 34.3. The van der Waals surface area contributed by atoms with E-state index in [1.807, 2.05) is 20.8 Å². The van der Waals surface area contributed by atoms with Gasteiger partial charge < -0.3 is 48.5 Å². The second kappa shape index (κ2) is 19.8. The van der Waals surface area contributed by atoms with Crippen molar-refractivity contribution in [3.63, 3.8) is 0 Å². The Kier molecular flexibility index (Phi) is 17.4. The van der Waals surface area contributed by atoms with Gasteiger partial charge in [-0.05, 0) is 37.8 Å². The number of nitrogens with one attached hydrogen (secondary N) is 3. The molecule has 10 atom stereocenters. The Morgan fingerprint density at radius 2 is 1.42 bits per heavy atom. The van der Waals surface area contributed by atoms with Gasteiger partial charge in [0.15, 0.2) is 11.9 Å². The Bertz CT molecular complexity index is 1010. The number of hydrogen-bond acceptors (Lipinski definition) is 10. The van der Waals surface area contributed by atoms with Crippen molar-refractivity contribution in [1.29, 1.82) is 5.41 Å². The van der Waals surface area contributed by atoms with Crippen molar-refractivity contribution in [2.24, 2.45) is 73.0 Å². The molecule has 0 aromatic carbocycles. The summed E-state index contributed by atoms with van der Waals surface area (Å²) in [5.41, 5.74) is 16.5. The molecule has 0 heterocycles. The first kappa shape index (κ1) is 39.6. The number of aliphatic hydroxyl groups excluding tert-OH is 2. The molecule has 2 aliphatic carbocycles. The van der Waals surface area contributed by atoms with E-state index >= 15 is 0 Å². The first-order chi connectivity index (χ1) is 21.3. The number of oxime groups is 2. The van der Waals surface area contributed by atoms with Crippen LogP contribution in [0.4, 0.5) is 0 Å². The van der Waals surface area contributed by atoms with Gasteiger partial charge in [-0.2, -0.15) is 0 Å². The summed E-state index contributed by atoms with van der Waals surface area (Å²) in [6, 6.07) is -0.799. The Morgan fingerprint density at radius 1 is 0.911 bits per heavy atom. The molecule has 0 spiro atoms. The van der Waals surface area contributed by atoms with Crippen molar-refractivity contribution in [1.82, 2.24) is 10.6 Å². The van der Waals surface area contributed by atoms with Crippen molar-refractivity contribution in [3.05, 3.63) is 0 Å². The minimum atomic E-state index is -0.795. The Balaban J connectivity index is 0.000000450. The Morgan fingerprint density at radius 3 is 1.84 bits per heavy atom. The zero-order valence-electron chi connectivity index (χ0n) is 27.6. The largest absolute Gasteiger partial charge is 0.411 e. The minimum Gasteiger partial charge on any atom is -0.411 e. The van der Waals surface area contributed by atoms with E-state index < -0.39 is 12.2 Å². The van der Waals surface area contributed by atoms with Gasteiger partial charge in [-0.15, -0.1) is 10.3 Å². The monoisotopic (exact) mass is 638 g/mol. The van der Waals surface area contributed by atoms with Crippen molar-refractivity contribution in [2.45, 2.75) is 116 Å². The number of nitrogens with two attached hydrogens (primary N) is 3. The minimum absolute atomic E-state index is 0.0519. The summed E-state index contributed by atoms with van der Waals surface area (Å²) in [5, 5.41) is 58.4. The van der Waals surface area contributed by atoms with Crippen LogP contribution in [0.2, 0.25) is 0 Å². The Hall–Kier alpha value is -3.46. The lowest BCUT2D eigenvalue weighted by Crippen LogP contribution is -2.50. The molecule has 1 amide bonds. The highest BCUT2D eigenvalue weighted by Crippen LogP contribution is 2.40. The van der Waals surface area contributed by atoms with Gasteiger partial charge in [0.05, 0.1) is 24.3 Å². The molecule has 0 aliphatic heterocycles. The number of carbonyl (C=O) groups is 1. The molecule has 2 unspecified atom stereocenters. The second-order valence-electron chi connectivity index (χ2n) is 12.0. The van der Waals surface area contributed by atoms with E-state index in [1.54, 1.807) is 6.21 Å². The van der Waals surface area contributed by atoms with Crippen LogP contribution in [0.1, 0.15) is 80.1 Å². The van der Waals surface area contributed by atoms with Crippen LogP contribution in [0.25, 0.3) is 0 Å². The predicted octanol–water partition coefficient (Wildman–Crippen LogP) is 1.22. The molecule has 0 aromatic rings. The van der Waals surface area contributed by atoms with E-state index in [4.69, 9.17) is 33.0 Å². The van der Waals surface area contributed by atoms with Gasteiger partial charge in [0, 0.05) is 55.1 Å². The molecule has 2 fully saturated rings. The number of guanidine groups is 2. The van der Waals surface area contributed by atoms with Crippen molar-refractivity contribution < 1.29 is 25.4 Å². The van der Waals surface area contributed by atoms with Gasteiger partial charge in [-0.25, -0.2) is 4.99 Å². The molecule has 13 N–H and O–H groups in total. The number of nitrogens with zero attached hydrogens (tertiary/aromatic N) is 4. The van der Waals surface area contributed by atoms with Gasteiger partial charge in [0.25, 0.3) is 0 Å². The molecular formula is C30H58N10O5. The lowest BCUT2D eigenvalue weighted by molar-refractivity contribution is -0.120. The maximum Gasteiger partial charge on any atom is 0.217 e. The highest BCUT2D eigenvalue weighted by molar-refractivity contribution is 5.76. The maximum absolute atomic E-state index is 11.6. The molecular weight excluding hydrogens is 580 g/mol. The molecule has 45 heavy (non-hydrogen) atoms. The summed E-state index contributed by atoms with van der Waals surface area (Å²) in [7, 11) is 0. The normalized spacial score (nSPS) is 29.6. The first-order valence-corrected chi connectivity index (χ1v) is 16.0. The fourth-order valence-corrected chi connectivity index (χ4v) is 7.29. The van der Waals surface area contributed by atoms with Gasteiger partial charge >= 0.3 is 0 Å². The molecule has 258 valence electrons. The molecule has 2 aliphatic rings. The summed E-state index contributed by atoms with van der Waals surface area (Å²) in [5.74, 6) is -0.928. The van der Waals surface area contributed by atoms with Crippen LogP contribution in [-0.2, 0) is 4.79 Å². The van der Waals surface area contributed by atoms with E-state index in [2.05, 4.69) is 44.8 Å². The van der Waals surface area contributed by atoms with Crippen molar-refractivity contribution >= 4 is 36.5 Å². The van der Waals surface area contributed by atoms with Crippen LogP contribution < -0.4 is 27.8 Å². The summed E-state index contributed by atoms with van der Waals surface area (Å²) in [6.45, 7) is 11.7. The zero-order valence-corrected chi connectivity index (χ0v) is 27.6. The van der Waals surface area contributed by atoms with Crippen molar-refractivity contribution in [2.75, 3.05) is 0 Å². The number of amides is 1. The topological polar surface area (TPSA) is 273 Å². The third-order valence-corrected chi connectivity index (χ3v) is 9.38. The predicted molar refractivity (Wildman–Crippen MR) is 178 cm³/mol. The molecule has 0 saturated heterocycles. The van der Waals surface area contributed by atoms with E-state index in [1.165, 1.54) is 19.4 Å². The molecule has 2 saturated carbocycles. The first-order valence-electron chi connectivity index (χ1n) is 16.0. The molecule has 0 radical (unpaired) electrons. The number of rotatable bonds is 14. The lowest BCUT2D eigenvalue weighted by Gasteiger charge is -2.35. The number of carbonyl (C=O) groups excluding carboxylic acids is 1. The Labute approximate surface area is 267 Å². The summed E-state index contributed by atoms with van der Waals surface area (Å²) in [6.07, 6.45) is 7.63. The molecule has 0 aromatic heterocycles. The van der Waals surface area contributed by atoms with Gasteiger partial charge in [-0.3, -0.25) is 15.2 Å². The fourth-order valence-electron chi connectivity index (χ4n) is 7.29. The number of aliphatic imine (C=N–C) groups is 2. The standard InChI is InChI=1S/C15H29N5O3.C15H29N5O2/c1-4-9(5-2)13(19-8(3)21)12-11(20-15(16)17)6-10(7-18-23)14(12)22;1-4-9(5-2)13(18-6-3)12-11(20-15(16)17)7-10(8-19-22)14(12)21/h7,9-14,22-23H,4-6H2,1-3H3,(H,19,21)(H4,16,17,20);6,8-14,21-22H,4-5,7H2,1-3H3,(H4,16,17,20)/b18-7+;18-6?,19-8+/t2*10-,11-,12-,13?,14-/m11/s1. The fraction of sp³-hybridized carbons (Fsp3) is 0.800. The van der Waals surface area contributed by atoms with Crippen LogP contribution in [0.3, 0.4) is 0 Å². The van der Waals surface area contributed by atoms with Gasteiger partial charge in [-0.1, -0.05) is 53.4 Å². The van der Waals surface area contributed by atoms with E-state index in [0.717, 1.165) is 25.7 Å². The van der Waals surface area contributed by atoms with E-state index in [-0.39, 0.29) is 71.6 Å². The third-order valence-electron chi connectivity index (χ3n) is 9.38. The quantitative estimate of drug-likeness (QED) is 0.0566. The summed E-state index contributed by atoms with van der Waals surface area (Å²) >= 11 is 0. The molecule has 15 nitrogen and oxygen atoms in total. The lowest BCUT2D eigenvalue weighted by atomic mass is 9.80. The molecule has 0 bridgehead atoms. The highest BCUT2D eigenvalue weighted by atomic mass is 16.4. The SMILES string of the molecule is CC=NC(C(CC)CC)[C@@H]1[C@H](O)[C@@H](/C=N/O)C[C@H]1NC(=N)N.CCC(CC)C(NC(C)=O)[C@@H]1[C@H](O)[C@@H](/C=N/O)C[C@H]1N=C(N)N. The smallest absolute Gasteiger partial charge is 0.217 e. The second-order valence-corrected chi connectivity index (χ2v) is 12.0. The molecule has 2 rings (SSSR count). The van der Waals surface area contributed by atoms with Crippen LogP contribution in [0.5, 0.6) is 0 Å². The van der Waals surface area contributed by atoms with Crippen molar-refractivity contribution in [3.8, 4) is 0 Å². The van der Waals surface area contributed by atoms with Crippen LogP contribution in [-0.4, -0.2) is 93.5 Å². The number of aliphatic hydroxyl groups is 2. The van der Waals surface area contributed by atoms with Crippen LogP contribution >= 0.6 is 0 Å². The highest BCUT2D eigenvalue weighted by Gasteiger charge is 2.49. The maximum atomic E-state index is 11.6. The summed E-state index contributed by atoms with van der Waals surface area (Å²) < 4.78 is 0. The van der Waals surface area contributed by atoms with E-state index in [0.29, 0.717) is 18.8 Å². The summed E-state index contributed by atoms with van der Waals surface area (Å²) in [4.78, 5) is 20.5. The average Bonchev–Trinajstić information content (AvgIpc) is 3.43. The van der Waals surface area contributed by atoms with Gasteiger partial charge in [0.2, 0.25) is 5.91 Å². The number of hydrogen-bond donors (Lipinski definition) is 10. The molecule has 15 heteroatoms. The average molecular weight is 639 g/mol.